The first-order valence-corrected chi connectivity index (χ1v) is 10.8. The zero-order valence-electron chi connectivity index (χ0n) is 16.8. The summed E-state index contributed by atoms with van der Waals surface area (Å²) in [5.41, 5.74) is -2.93. The summed E-state index contributed by atoms with van der Waals surface area (Å²) in [4.78, 5) is 27.1. The number of hydrogen-bond acceptors (Lipinski definition) is 4. The second kappa shape index (κ2) is 5.71. The highest BCUT2D eigenvalue weighted by molar-refractivity contribution is 6.02. The second-order valence-electron chi connectivity index (χ2n) is 8.80. The fraction of sp³-hybridized carbons (Fsp3) is 0.583. The van der Waals surface area contributed by atoms with Crippen LogP contribution < -0.4 is 0 Å². The molecule has 2 heterocycles. The van der Waals surface area contributed by atoms with Crippen LogP contribution in [0.3, 0.4) is 0 Å². The Bertz CT molecular complexity index is 789. The van der Waals surface area contributed by atoms with Crippen molar-refractivity contribution in [1.82, 2.24) is 0 Å². The van der Waals surface area contributed by atoms with Crippen molar-refractivity contribution in [2.75, 3.05) is 0 Å². The molecular formula is C24H28O4. The lowest BCUT2D eigenvalue weighted by Crippen LogP contribution is -2.79. The maximum absolute atomic E-state index is 13.5. The minimum Gasteiger partial charge on any atom is -0.430 e. The highest BCUT2D eigenvalue weighted by Crippen LogP contribution is 2.92. The summed E-state index contributed by atoms with van der Waals surface area (Å²) in [6.45, 7) is 4.22. The quantitative estimate of drug-likeness (QED) is 0.501. The van der Waals surface area contributed by atoms with Crippen molar-refractivity contribution in [1.29, 1.82) is 0 Å². The summed E-state index contributed by atoms with van der Waals surface area (Å²) in [6, 6.07) is 0. The van der Waals surface area contributed by atoms with E-state index in [9.17, 15) is 9.59 Å². The van der Waals surface area contributed by atoms with E-state index < -0.39 is 21.7 Å². The van der Waals surface area contributed by atoms with Crippen LogP contribution in [-0.2, 0) is 19.1 Å². The molecule has 5 aliphatic rings. The third kappa shape index (κ3) is 1.48. The molecule has 4 heteroatoms. The first-order chi connectivity index (χ1) is 13.6. The molecule has 0 aromatic heterocycles. The van der Waals surface area contributed by atoms with Gasteiger partial charge in [-0.2, -0.15) is 0 Å². The van der Waals surface area contributed by atoms with Crippen molar-refractivity contribution in [3.8, 4) is 0 Å². The van der Waals surface area contributed by atoms with Crippen molar-refractivity contribution in [2.45, 2.75) is 65.2 Å². The first kappa shape index (κ1) is 18.0. The Morgan fingerprint density at radius 1 is 0.821 bits per heavy atom. The minimum absolute atomic E-state index is 0.197. The molecule has 2 saturated heterocycles. The summed E-state index contributed by atoms with van der Waals surface area (Å²) in [6.07, 6.45) is 19.3. The van der Waals surface area contributed by atoms with Gasteiger partial charge in [0.15, 0.2) is 0 Å². The number of unbranched alkanes of at least 4 members (excludes halogenated alkanes) is 2. The van der Waals surface area contributed by atoms with Crippen LogP contribution in [0.2, 0.25) is 0 Å². The lowest BCUT2D eigenvalue weighted by Gasteiger charge is -2.72. The number of hydrogen-bond donors (Lipinski definition) is 0. The van der Waals surface area contributed by atoms with E-state index in [2.05, 4.69) is 50.3 Å². The number of carbonyl (C=O) groups is 2. The van der Waals surface area contributed by atoms with Crippen LogP contribution in [0.5, 0.6) is 0 Å². The van der Waals surface area contributed by atoms with Crippen molar-refractivity contribution in [3.05, 3.63) is 48.0 Å². The molecule has 0 spiro atoms. The third-order valence-electron chi connectivity index (χ3n) is 7.93. The highest BCUT2D eigenvalue weighted by atomic mass is 16.6. The zero-order chi connectivity index (χ0) is 19.6. The molecule has 0 aromatic carbocycles. The molecule has 3 fully saturated rings. The van der Waals surface area contributed by atoms with Gasteiger partial charge < -0.3 is 9.47 Å². The highest BCUT2D eigenvalue weighted by Gasteiger charge is 2.98. The van der Waals surface area contributed by atoms with Crippen molar-refractivity contribution in [3.63, 3.8) is 0 Å². The smallest absolute Gasteiger partial charge is 0.323 e. The average molecular weight is 380 g/mol. The fourth-order valence-corrected chi connectivity index (χ4v) is 7.14. The molecule has 0 bridgehead atoms. The van der Waals surface area contributed by atoms with Crippen molar-refractivity contribution in [2.24, 2.45) is 21.7 Å². The Kier molecular flexibility index (Phi) is 3.66. The molecule has 0 N–H and O–H groups in total. The van der Waals surface area contributed by atoms with E-state index in [4.69, 9.17) is 9.47 Å². The number of cyclic esters (lactones) is 2. The second-order valence-corrected chi connectivity index (χ2v) is 8.80. The molecule has 0 aromatic rings. The largest absolute Gasteiger partial charge is 0.430 e. The molecule has 0 amide bonds. The van der Waals surface area contributed by atoms with Gasteiger partial charge in [-0.15, -0.1) is 0 Å². The topological polar surface area (TPSA) is 52.6 Å². The number of esters is 2. The van der Waals surface area contributed by atoms with Gasteiger partial charge in [0.1, 0.15) is 22.3 Å². The molecule has 3 aliphatic carbocycles. The third-order valence-corrected chi connectivity index (χ3v) is 7.93. The number of allylic oxidation sites excluding steroid dienone is 6. The number of ether oxygens (including phenoxy) is 2. The van der Waals surface area contributed by atoms with Crippen LogP contribution >= 0.6 is 0 Å². The Balaban J connectivity index is 1.84. The zero-order valence-corrected chi connectivity index (χ0v) is 16.8. The van der Waals surface area contributed by atoms with E-state index in [1.54, 1.807) is 0 Å². The Hall–Kier alpha value is -2.10. The van der Waals surface area contributed by atoms with Crippen LogP contribution in [0.25, 0.3) is 0 Å². The van der Waals surface area contributed by atoms with Gasteiger partial charge in [-0.3, -0.25) is 9.59 Å². The van der Waals surface area contributed by atoms with Gasteiger partial charge in [0.25, 0.3) is 0 Å². The van der Waals surface area contributed by atoms with Gasteiger partial charge in [-0.1, -0.05) is 51.0 Å². The van der Waals surface area contributed by atoms with Crippen LogP contribution in [0.4, 0.5) is 0 Å². The van der Waals surface area contributed by atoms with Crippen LogP contribution in [-0.4, -0.2) is 11.9 Å². The summed E-state index contributed by atoms with van der Waals surface area (Å²) in [5.74, 6) is 1.02. The van der Waals surface area contributed by atoms with E-state index in [1.807, 2.05) is 0 Å². The lowest BCUT2D eigenvalue weighted by atomic mass is 9.22. The number of carbonyl (C=O) groups excluding carboxylic acids is 2. The molecule has 0 unspecified atom stereocenters. The molecule has 1 saturated carbocycles. The Morgan fingerprint density at radius 2 is 1.25 bits per heavy atom. The number of rotatable bonds is 4. The van der Waals surface area contributed by atoms with Gasteiger partial charge >= 0.3 is 11.9 Å². The SMILES string of the molecule is CCC/C=C1\OC(=O)C23C=CCCC12C12C=CCCC31/C(=C/CCC)OC2=O. The molecule has 0 radical (unpaired) electrons. The molecule has 148 valence electrons. The van der Waals surface area contributed by atoms with Gasteiger partial charge in [-0.25, -0.2) is 0 Å². The maximum Gasteiger partial charge on any atom is 0.323 e. The predicted octanol–water partition coefficient (Wildman–Crippen LogP) is 5.13. The Labute approximate surface area is 166 Å². The van der Waals surface area contributed by atoms with Crippen LogP contribution in [0, 0.1) is 21.7 Å². The van der Waals surface area contributed by atoms with E-state index in [0.717, 1.165) is 51.4 Å². The molecule has 5 rings (SSSR count). The van der Waals surface area contributed by atoms with Gasteiger partial charge in [0, 0.05) is 0 Å². The van der Waals surface area contributed by atoms with E-state index in [0.29, 0.717) is 11.5 Å². The van der Waals surface area contributed by atoms with Crippen molar-refractivity contribution < 1.29 is 19.1 Å². The van der Waals surface area contributed by atoms with E-state index in [-0.39, 0.29) is 11.9 Å². The standard InChI is InChI=1S/C24H28O4/c1-3-5-11-17-21-13-7-9-15-23(21,19(25)27-17)22-14-8-10-16-24(21,22)20(26)28-18(22)12-6-4-2/h9-12,15-16H,3-8,13-14H2,1-2H3/b17-11-,18-12-. The first-order valence-electron chi connectivity index (χ1n) is 10.8. The maximum atomic E-state index is 13.5. The van der Waals surface area contributed by atoms with Crippen LogP contribution in [0.1, 0.15) is 65.2 Å². The predicted molar refractivity (Wildman–Crippen MR) is 105 cm³/mol. The summed E-state index contributed by atoms with van der Waals surface area (Å²) >= 11 is 0. The summed E-state index contributed by atoms with van der Waals surface area (Å²) < 4.78 is 12.0. The van der Waals surface area contributed by atoms with Crippen molar-refractivity contribution >= 4 is 11.9 Å². The lowest BCUT2D eigenvalue weighted by molar-refractivity contribution is -0.231. The molecule has 28 heavy (non-hydrogen) atoms. The average Bonchev–Trinajstić information content (AvgIpc) is 3.09. The summed E-state index contributed by atoms with van der Waals surface area (Å²) in [5, 5.41) is 0. The van der Waals surface area contributed by atoms with E-state index in [1.165, 1.54) is 0 Å². The van der Waals surface area contributed by atoms with Gasteiger partial charge in [0.05, 0.1) is 10.8 Å². The summed E-state index contributed by atoms with van der Waals surface area (Å²) in [7, 11) is 0. The minimum atomic E-state index is -0.825. The van der Waals surface area contributed by atoms with Crippen LogP contribution in [0.15, 0.2) is 48.0 Å². The van der Waals surface area contributed by atoms with Gasteiger partial charge in [0.2, 0.25) is 0 Å². The molecule has 0 atom stereocenters. The Morgan fingerprint density at radius 3 is 1.64 bits per heavy atom. The van der Waals surface area contributed by atoms with E-state index >= 15 is 0 Å². The molecular weight excluding hydrogens is 352 g/mol. The molecule has 2 aliphatic heterocycles. The molecule has 4 nitrogen and oxygen atoms in total. The normalized spacial score (nSPS) is 45.2. The fourth-order valence-electron chi connectivity index (χ4n) is 7.14. The monoisotopic (exact) mass is 380 g/mol. The van der Waals surface area contributed by atoms with Gasteiger partial charge in [-0.05, 0) is 50.7 Å².